The van der Waals surface area contributed by atoms with Crippen LogP contribution in [-0.2, 0) is 10.0 Å². The third kappa shape index (κ3) is 4.57. The summed E-state index contributed by atoms with van der Waals surface area (Å²) in [6.45, 7) is 1.85. The molecule has 1 aliphatic rings. The van der Waals surface area contributed by atoms with Gasteiger partial charge in [-0.1, -0.05) is 0 Å². The second kappa shape index (κ2) is 7.36. The summed E-state index contributed by atoms with van der Waals surface area (Å²) < 4.78 is 49.6. The summed E-state index contributed by atoms with van der Waals surface area (Å²) in [5.74, 6) is -3.19. The summed E-state index contributed by atoms with van der Waals surface area (Å²) in [6.07, 6.45) is 3.01. The number of pyridine rings is 1. The molecule has 0 bridgehead atoms. The molecule has 12 heteroatoms. The Bertz CT molecular complexity index is 1010. The van der Waals surface area contributed by atoms with Gasteiger partial charge in [-0.15, -0.1) is 0 Å². The number of primary sulfonamides is 1. The molecule has 3 N–H and O–H groups in total. The van der Waals surface area contributed by atoms with Gasteiger partial charge >= 0.3 is 0 Å². The molecule has 0 atom stereocenters. The van der Waals surface area contributed by atoms with Gasteiger partial charge in [0, 0.05) is 32.1 Å². The van der Waals surface area contributed by atoms with E-state index >= 15 is 0 Å². The lowest BCUT2D eigenvalue weighted by Crippen LogP contribution is -2.40. The summed E-state index contributed by atoms with van der Waals surface area (Å²) in [6, 6.07) is 1.57. The summed E-state index contributed by atoms with van der Waals surface area (Å²) in [5.41, 5.74) is 0.855. The maximum absolute atomic E-state index is 13.4. The molecule has 0 aromatic carbocycles. The van der Waals surface area contributed by atoms with Crippen molar-refractivity contribution >= 4 is 27.6 Å². The number of nitrogens with two attached hydrogens (primary N) is 1. The molecule has 3 heterocycles. The molecule has 3 rings (SSSR count). The number of halogens is 2. The van der Waals surface area contributed by atoms with E-state index in [1.165, 1.54) is 0 Å². The zero-order valence-corrected chi connectivity index (χ0v) is 15.7. The molecule has 1 amide bonds. The number of sulfonamides is 1. The Balaban J connectivity index is 1.87. The Labute approximate surface area is 160 Å². The molecule has 150 valence electrons. The maximum atomic E-state index is 13.4. The van der Waals surface area contributed by atoms with Crippen molar-refractivity contribution in [2.75, 3.05) is 23.3 Å². The van der Waals surface area contributed by atoms with Gasteiger partial charge in [-0.25, -0.2) is 32.3 Å². The maximum Gasteiger partial charge on any atom is 0.260 e. The summed E-state index contributed by atoms with van der Waals surface area (Å²) in [4.78, 5) is 26.1. The lowest BCUT2D eigenvalue weighted by molar-refractivity contribution is -0.0221. The fraction of sp³-hybridized carbons (Fsp3) is 0.375. The first-order valence-corrected chi connectivity index (χ1v) is 9.85. The second-order valence-corrected chi connectivity index (χ2v) is 7.98. The minimum absolute atomic E-state index is 0.0596. The van der Waals surface area contributed by atoms with Gasteiger partial charge in [0.1, 0.15) is 5.82 Å². The minimum atomic E-state index is -4.09. The van der Waals surface area contributed by atoms with E-state index in [0.717, 1.165) is 12.4 Å². The number of carbonyl (C=O) groups is 1. The molecule has 0 aliphatic carbocycles. The quantitative estimate of drug-likeness (QED) is 0.774. The van der Waals surface area contributed by atoms with E-state index in [9.17, 15) is 22.0 Å². The standard InChI is InChI=1S/C16H18F2N6O3S/c1-10-6-11(14(21-7-10)24-4-2-16(17,18)3-5-24)15(25)23-12-8-20-9-13(22-12)28(19,26)27/h6-9H,2-5H2,1H3,(H2,19,26,27)(H,22,23,25). The van der Waals surface area contributed by atoms with Crippen LogP contribution in [0.25, 0.3) is 0 Å². The van der Waals surface area contributed by atoms with E-state index in [-0.39, 0.29) is 43.1 Å². The number of hydrogen-bond acceptors (Lipinski definition) is 7. The Hall–Kier alpha value is -2.73. The molecule has 2 aromatic heterocycles. The van der Waals surface area contributed by atoms with Gasteiger partial charge in [-0.2, -0.15) is 0 Å². The fourth-order valence-electron chi connectivity index (χ4n) is 2.76. The van der Waals surface area contributed by atoms with E-state index in [4.69, 9.17) is 5.14 Å². The van der Waals surface area contributed by atoms with Crippen molar-refractivity contribution in [1.82, 2.24) is 15.0 Å². The summed E-state index contributed by atoms with van der Waals surface area (Å²) in [5, 5.41) is 6.96. The molecule has 0 radical (unpaired) electrons. The highest BCUT2D eigenvalue weighted by Gasteiger charge is 2.35. The van der Waals surface area contributed by atoms with Crippen LogP contribution in [0.5, 0.6) is 0 Å². The number of nitrogens with zero attached hydrogens (tertiary/aromatic N) is 4. The first kappa shape index (κ1) is 20.0. The molecule has 9 nitrogen and oxygen atoms in total. The van der Waals surface area contributed by atoms with Crippen molar-refractivity contribution in [3.8, 4) is 0 Å². The number of aromatic nitrogens is 3. The zero-order valence-electron chi connectivity index (χ0n) is 14.9. The van der Waals surface area contributed by atoms with Crippen molar-refractivity contribution in [2.24, 2.45) is 5.14 Å². The first-order chi connectivity index (χ1) is 13.0. The molecule has 1 fully saturated rings. The largest absolute Gasteiger partial charge is 0.356 e. The highest BCUT2D eigenvalue weighted by molar-refractivity contribution is 7.89. The molecule has 1 saturated heterocycles. The minimum Gasteiger partial charge on any atom is -0.356 e. The Morgan fingerprint density at radius 2 is 1.93 bits per heavy atom. The van der Waals surface area contributed by atoms with E-state index in [2.05, 4.69) is 20.3 Å². The van der Waals surface area contributed by atoms with E-state index in [1.54, 1.807) is 24.1 Å². The molecule has 0 unspecified atom stereocenters. The molecule has 0 saturated carbocycles. The van der Waals surface area contributed by atoms with Crippen molar-refractivity contribution in [2.45, 2.75) is 30.7 Å². The van der Waals surface area contributed by atoms with Gasteiger partial charge in [0.2, 0.25) is 0 Å². The van der Waals surface area contributed by atoms with Gasteiger partial charge in [0.25, 0.3) is 21.9 Å². The number of rotatable bonds is 4. The predicted octanol–water partition coefficient (Wildman–Crippen LogP) is 1.32. The number of nitrogens with one attached hydrogen (secondary N) is 1. The fourth-order valence-corrected chi connectivity index (χ4v) is 3.19. The van der Waals surface area contributed by atoms with Crippen molar-refractivity contribution in [3.63, 3.8) is 0 Å². The van der Waals surface area contributed by atoms with Crippen LogP contribution in [0.2, 0.25) is 0 Å². The van der Waals surface area contributed by atoms with E-state index in [1.807, 2.05) is 0 Å². The SMILES string of the molecule is Cc1cnc(N2CCC(F)(F)CC2)c(C(=O)Nc2cncc(S(N)(=O)=O)n2)c1. The molecular formula is C16H18F2N6O3S. The highest BCUT2D eigenvalue weighted by atomic mass is 32.2. The van der Waals surface area contributed by atoms with Gasteiger partial charge in [-0.3, -0.25) is 9.78 Å². The highest BCUT2D eigenvalue weighted by Crippen LogP contribution is 2.31. The van der Waals surface area contributed by atoms with Crippen LogP contribution in [0.15, 0.2) is 29.7 Å². The van der Waals surface area contributed by atoms with Crippen LogP contribution in [0.1, 0.15) is 28.8 Å². The lowest BCUT2D eigenvalue weighted by atomic mass is 10.1. The monoisotopic (exact) mass is 412 g/mol. The van der Waals surface area contributed by atoms with Crippen molar-refractivity contribution in [3.05, 3.63) is 35.8 Å². The lowest BCUT2D eigenvalue weighted by Gasteiger charge is -2.33. The zero-order chi connectivity index (χ0) is 20.5. The number of aryl methyl sites for hydroxylation is 1. The van der Waals surface area contributed by atoms with Crippen LogP contribution in [0, 0.1) is 6.92 Å². The molecule has 28 heavy (non-hydrogen) atoms. The van der Waals surface area contributed by atoms with Gasteiger partial charge in [0.05, 0.1) is 18.0 Å². The second-order valence-electron chi connectivity index (χ2n) is 6.47. The normalized spacial score (nSPS) is 16.6. The van der Waals surface area contributed by atoms with Gasteiger partial charge in [0.15, 0.2) is 10.8 Å². The Kier molecular flexibility index (Phi) is 5.26. The number of amides is 1. The van der Waals surface area contributed by atoms with Crippen molar-refractivity contribution < 1.29 is 22.0 Å². The molecule has 2 aromatic rings. The van der Waals surface area contributed by atoms with Crippen LogP contribution >= 0.6 is 0 Å². The average molecular weight is 412 g/mol. The number of hydrogen-bond donors (Lipinski definition) is 2. The molecular weight excluding hydrogens is 394 g/mol. The topological polar surface area (TPSA) is 131 Å². The number of anilines is 2. The first-order valence-electron chi connectivity index (χ1n) is 8.31. The third-order valence-electron chi connectivity index (χ3n) is 4.19. The van der Waals surface area contributed by atoms with E-state index < -0.39 is 26.9 Å². The van der Waals surface area contributed by atoms with Crippen LogP contribution in [0.3, 0.4) is 0 Å². The van der Waals surface area contributed by atoms with Gasteiger partial charge < -0.3 is 10.2 Å². The predicted molar refractivity (Wildman–Crippen MR) is 96.7 cm³/mol. The average Bonchev–Trinajstić information content (AvgIpc) is 2.61. The van der Waals surface area contributed by atoms with Crippen LogP contribution in [0.4, 0.5) is 20.4 Å². The third-order valence-corrected chi connectivity index (χ3v) is 4.97. The summed E-state index contributed by atoms with van der Waals surface area (Å²) >= 11 is 0. The van der Waals surface area contributed by atoms with Crippen LogP contribution in [-0.4, -0.2) is 48.3 Å². The van der Waals surface area contributed by atoms with Crippen LogP contribution < -0.4 is 15.4 Å². The van der Waals surface area contributed by atoms with Crippen molar-refractivity contribution in [1.29, 1.82) is 0 Å². The van der Waals surface area contributed by atoms with Gasteiger partial charge in [-0.05, 0) is 18.6 Å². The molecule has 1 aliphatic heterocycles. The number of piperidine rings is 1. The van der Waals surface area contributed by atoms with E-state index in [0.29, 0.717) is 5.56 Å². The Morgan fingerprint density at radius 3 is 2.57 bits per heavy atom. The number of alkyl halides is 2. The smallest absolute Gasteiger partial charge is 0.260 e. The summed E-state index contributed by atoms with van der Waals surface area (Å²) in [7, 11) is -4.09. The molecule has 0 spiro atoms. The Morgan fingerprint density at radius 1 is 1.25 bits per heavy atom. The number of carbonyl (C=O) groups excluding carboxylic acids is 1.